The summed E-state index contributed by atoms with van der Waals surface area (Å²) in [6, 6.07) is 0. The van der Waals surface area contributed by atoms with Crippen LogP contribution in [0.2, 0.25) is 0 Å². The van der Waals surface area contributed by atoms with E-state index in [4.69, 9.17) is 19.5 Å². The molecule has 0 aromatic carbocycles. The molecule has 8 atom stereocenters. The maximum absolute atomic E-state index is 12.7. The molecule has 2 amide bonds. The summed E-state index contributed by atoms with van der Waals surface area (Å²) in [7, 11) is -16.4. The summed E-state index contributed by atoms with van der Waals surface area (Å²) in [6.45, 7) is 4.99. The average Bonchev–Trinajstić information content (AvgIpc) is 3.75. The first-order valence-corrected chi connectivity index (χ1v) is 26.0. The van der Waals surface area contributed by atoms with Crippen molar-refractivity contribution < 1.29 is 80.5 Å². The molecule has 1 saturated heterocycles. The van der Waals surface area contributed by atoms with Crippen molar-refractivity contribution >= 4 is 69.1 Å². The van der Waals surface area contributed by atoms with Crippen LogP contribution in [-0.2, 0) is 50.7 Å². The summed E-state index contributed by atoms with van der Waals surface area (Å²) < 4.78 is 62.4. The van der Waals surface area contributed by atoms with Crippen LogP contribution in [0.15, 0.2) is 12.7 Å². The SMILES string of the molecule is CCCCCCCCC(C)CCCC(=O)SCCNC(=O)CCNC(=O)C(O)C(C)(C)COP(=O)(O)OP(=O)(O)OCC1OC(n2cnc3c(N)ncnc32)C(O)C1OP(=O)(O)O. The van der Waals surface area contributed by atoms with Crippen LogP contribution in [0.25, 0.3) is 11.2 Å². The Morgan fingerprint density at radius 1 is 0.952 bits per heavy atom. The first-order chi connectivity index (χ1) is 29.4. The molecule has 8 unspecified atom stereocenters. The average molecular weight is 978 g/mol. The van der Waals surface area contributed by atoms with Gasteiger partial charge in [-0.1, -0.05) is 90.8 Å². The smallest absolute Gasteiger partial charge is 0.386 e. The molecule has 3 heterocycles. The summed E-state index contributed by atoms with van der Waals surface area (Å²) in [5, 5.41) is 26.6. The lowest BCUT2D eigenvalue weighted by atomic mass is 9.87. The fourth-order valence-corrected chi connectivity index (χ4v) is 9.93. The van der Waals surface area contributed by atoms with E-state index in [0.717, 1.165) is 41.8 Å². The summed E-state index contributed by atoms with van der Waals surface area (Å²) in [6.07, 6.45) is 4.16. The highest BCUT2D eigenvalue weighted by Gasteiger charge is 2.50. The quantitative estimate of drug-likeness (QED) is 0.0401. The zero-order chi connectivity index (χ0) is 47.0. The molecule has 0 bridgehead atoms. The number of aliphatic hydroxyl groups is 2. The van der Waals surface area contributed by atoms with Crippen LogP contribution >= 0.6 is 35.2 Å². The number of phosphoric ester groups is 3. The highest BCUT2D eigenvalue weighted by Crippen LogP contribution is 2.61. The van der Waals surface area contributed by atoms with Crippen molar-refractivity contribution in [2.75, 3.05) is 37.8 Å². The van der Waals surface area contributed by atoms with E-state index in [1.807, 2.05) is 0 Å². The number of aromatic nitrogens is 4. The van der Waals surface area contributed by atoms with Crippen LogP contribution in [0.1, 0.15) is 105 Å². The first kappa shape index (κ1) is 54.9. The standard InChI is InChI=1S/C35H62N7O17P3S/c1-5-6-7-8-9-10-12-23(2)13-11-14-26(44)63-18-17-37-25(43)15-16-38-33(47)30(46)35(3,4)20-56-62(53,54)59-61(51,52)55-19-24-29(58-60(48,49)50)28(45)34(57-24)42-22-41-27-31(36)39-21-40-32(27)42/h21-24,28-30,34,45-46H,5-20H2,1-4H3,(H,37,43)(H,38,47)(H,51,52)(H,53,54)(H2,36,39,40)(H2,48,49,50). The third-order valence-electron chi connectivity index (χ3n) is 9.89. The van der Waals surface area contributed by atoms with Crippen molar-refractivity contribution in [1.29, 1.82) is 0 Å². The van der Waals surface area contributed by atoms with Gasteiger partial charge in [-0.3, -0.25) is 32.5 Å². The van der Waals surface area contributed by atoms with Crippen molar-refractivity contribution in [3.8, 4) is 0 Å². The Kier molecular flexibility index (Phi) is 22.2. The van der Waals surface area contributed by atoms with Gasteiger partial charge in [0.05, 0.1) is 19.5 Å². The number of hydrogen-bond acceptors (Lipinski definition) is 18. The normalized spacial score (nSPS) is 21.1. The number of carbonyl (C=O) groups excluding carboxylic acids is 3. The zero-order valence-corrected chi connectivity index (χ0v) is 39.2. The molecule has 0 saturated carbocycles. The van der Waals surface area contributed by atoms with Gasteiger partial charge in [-0.15, -0.1) is 0 Å². The summed E-state index contributed by atoms with van der Waals surface area (Å²) in [4.78, 5) is 88.3. The van der Waals surface area contributed by atoms with Gasteiger partial charge in [0.2, 0.25) is 11.8 Å². The van der Waals surface area contributed by atoms with Crippen LogP contribution in [0, 0.1) is 11.3 Å². The third-order valence-corrected chi connectivity index (χ3v) is 13.9. The fraction of sp³-hybridized carbons (Fsp3) is 0.771. The van der Waals surface area contributed by atoms with Crippen LogP contribution in [-0.4, -0.2) is 123 Å². The van der Waals surface area contributed by atoms with Gasteiger partial charge in [0, 0.05) is 37.1 Å². The number of aliphatic hydroxyl groups excluding tert-OH is 2. The number of thioether (sulfide) groups is 1. The van der Waals surface area contributed by atoms with Crippen LogP contribution in [0.4, 0.5) is 5.82 Å². The number of imidazole rings is 1. The van der Waals surface area contributed by atoms with E-state index in [1.165, 1.54) is 58.8 Å². The lowest BCUT2D eigenvalue weighted by Gasteiger charge is -2.30. The molecule has 28 heteroatoms. The summed E-state index contributed by atoms with van der Waals surface area (Å²) >= 11 is 1.15. The number of ether oxygens (including phenoxy) is 1. The minimum atomic E-state index is -5.57. The van der Waals surface area contributed by atoms with E-state index >= 15 is 0 Å². The molecular weight excluding hydrogens is 915 g/mol. The van der Waals surface area contributed by atoms with Gasteiger partial charge in [0.25, 0.3) is 0 Å². The Morgan fingerprint density at radius 2 is 1.62 bits per heavy atom. The van der Waals surface area contributed by atoms with Gasteiger partial charge < -0.3 is 50.9 Å². The number of amides is 2. The zero-order valence-electron chi connectivity index (χ0n) is 35.7. The van der Waals surface area contributed by atoms with Crippen LogP contribution in [0.5, 0.6) is 0 Å². The molecule has 24 nitrogen and oxygen atoms in total. The van der Waals surface area contributed by atoms with E-state index < -0.39 is 84.6 Å². The molecule has 0 aliphatic carbocycles. The lowest BCUT2D eigenvalue weighted by molar-refractivity contribution is -0.137. The highest BCUT2D eigenvalue weighted by molar-refractivity contribution is 8.13. The number of carbonyl (C=O) groups is 3. The number of anilines is 1. The van der Waals surface area contributed by atoms with Gasteiger partial charge in [-0.2, -0.15) is 4.31 Å². The number of hydrogen-bond donors (Lipinski definition) is 9. The monoisotopic (exact) mass is 977 g/mol. The third kappa shape index (κ3) is 19.1. The van der Waals surface area contributed by atoms with Crippen molar-refractivity contribution in [3.05, 3.63) is 12.7 Å². The van der Waals surface area contributed by atoms with Gasteiger partial charge in [-0.25, -0.2) is 28.6 Å². The van der Waals surface area contributed by atoms with Gasteiger partial charge in [0.1, 0.15) is 36.3 Å². The van der Waals surface area contributed by atoms with Crippen molar-refractivity contribution in [1.82, 2.24) is 30.2 Å². The Bertz CT molecular complexity index is 1940. The van der Waals surface area contributed by atoms with Crippen LogP contribution < -0.4 is 16.4 Å². The molecule has 2 aromatic rings. The second kappa shape index (κ2) is 25.5. The second-order valence-electron chi connectivity index (χ2n) is 15.8. The highest BCUT2D eigenvalue weighted by atomic mass is 32.2. The molecule has 1 aliphatic heterocycles. The Hall–Kier alpha value is -2.44. The second-order valence-corrected chi connectivity index (χ2v) is 21.2. The minimum Gasteiger partial charge on any atom is -0.386 e. The van der Waals surface area contributed by atoms with E-state index in [2.05, 4.69) is 48.3 Å². The number of nitrogens with zero attached hydrogens (tertiary/aromatic N) is 4. The number of nitrogens with one attached hydrogen (secondary N) is 2. The topological polar surface area (TPSA) is 364 Å². The van der Waals surface area contributed by atoms with E-state index in [-0.39, 0.29) is 41.6 Å². The molecule has 0 radical (unpaired) electrons. The van der Waals surface area contributed by atoms with E-state index in [1.54, 1.807) is 0 Å². The maximum atomic E-state index is 12.7. The molecule has 1 fully saturated rings. The molecule has 360 valence electrons. The summed E-state index contributed by atoms with van der Waals surface area (Å²) in [5.41, 5.74) is 4.28. The number of nitrogens with two attached hydrogens (primary N) is 1. The molecular formula is C35H62N7O17P3S. The predicted molar refractivity (Wildman–Crippen MR) is 228 cm³/mol. The van der Waals surface area contributed by atoms with Crippen molar-refractivity contribution in [2.24, 2.45) is 11.3 Å². The number of phosphoric acid groups is 3. The van der Waals surface area contributed by atoms with E-state index in [0.29, 0.717) is 18.1 Å². The predicted octanol–water partition coefficient (Wildman–Crippen LogP) is 3.22. The largest absolute Gasteiger partial charge is 0.481 e. The lowest BCUT2D eigenvalue weighted by Crippen LogP contribution is -2.46. The molecule has 2 aromatic heterocycles. The van der Waals surface area contributed by atoms with Crippen molar-refractivity contribution in [2.45, 2.75) is 129 Å². The van der Waals surface area contributed by atoms with Crippen LogP contribution in [0.3, 0.4) is 0 Å². The van der Waals surface area contributed by atoms with E-state index in [9.17, 15) is 57.9 Å². The Morgan fingerprint density at radius 3 is 2.32 bits per heavy atom. The molecule has 63 heavy (non-hydrogen) atoms. The molecule has 10 N–H and O–H groups in total. The van der Waals surface area contributed by atoms with Gasteiger partial charge in [-0.05, 0) is 12.3 Å². The van der Waals surface area contributed by atoms with Gasteiger partial charge in [0.15, 0.2) is 22.8 Å². The molecule has 0 spiro atoms. The Labute approximate surface area is 369 Å². The fourth-order valence-electron chi connectivity index (χ4n) is 6.38. The molecule has 3 rings (SSSR count). The number of unbranched alkanes of at least 4 members (excludes halogenated alkanes) is 5. The number of fused-ring (bicyclic) bond motifs is 1. The maximum Gasteiger partial charge on any atom is 0.481 e. The Balaban J connectivity index is 1.37. The summed E-state index contributed by atoms with van der Waals surface area (Å²) in [5.74, 6) is -0.448. The van der Waals surface area contributed by atoms with Gasteiger partial charge >= 0.3 is 23.5 Å². The number of nitrogen functional groups attached to an aromatic ring is 1. The van der Waals surface area contributed by atoms with Crippen molar-refractivity contribution in [3.63, 3.8) is 0 Å². The number of rotatable bonds is 30. The molecule has 1 aliphatic rings. The first-order valence-electron chi connectivity index (χ1n) is 20.5. The minimum absolute atomic E-state index is 0.0332.